The zero-order valence-electron chi connectivity index (χ0n) is 10.5. The number of carbonyl (C=O) groups is 1. The number of carboxylic acid groups (broad SMARTS) is 1. The number of aliphatic carboxylic acids is 1. The third-order valence-electron chi connectivity index (χ3n) is 3.03. The predicted molar refractivity (Wildman–Crippen MR) is 68.7 cm³/mol. The number of aromatic nitrogens is 1. The van der Waals surface area contributed by atoms with Gasteiger partial charge in [0.15, 0.2) is 0 Å². The van der Waals surface area contributed by atoms with Gasteiger partial charge in [-0.05, 0) is 25.0 Å². The maximum atomic E-state index is 12.7. The molecule has 1 aliphatic rings. The Bertz CT molecular complexity index is 590. The van der Waals surface area contributed by atoms with E-state index in [4.69, 9.17) is 5.11 Å². The summed E-state index contributed by atoms with van der Waals surface area (Å²) in [6.07, 6.45) is 1.83. The van der Waals surface area contributed by atoms with E-state index in [2.05, 4.69) is 9.71 Å². The molecule has 7 nitrogen and oxygen atoms in total. The summed E-state index contributed by atoms with van der Waals surface area (Å²) >= 11 is 0. The monoisotopic (exact) mass is 303 g/mol. The van der Waals surface area contributed by atoms with E-state index < -0.39 is 27.9 Å². The van der Waals surface area contributed by atoms with E-state index >= 15 is 0 Å². The van der Waals surface area contributed by atoms with Crippen LogP contribution in [-0.2, 0) is 15.0 Å². The van der Waals surface area contributed by atoms with Crippen LogP contribution in [0.2, 0.25) is 0 Å². The van der Waals surface area contributed by atoms with Crippen molar-refractivity contribution >= 4 is 22.0 Å². The van der Waals surface area contributed by atoms with Crippen LogP contribution in [-0.4, -0.2) is 41.9 Å². The van der Waals surface area contributed by atoms with Crippen molar-refractivity contribution in [1.82, 2.24) is 9.29 Å². The fourth-order valence-electron chi connectivity index (χ4n) is 2.00. The second-order valence-corrected chi connectivity index (χ2v) is 6.17. The Hall–Kier alpha value is -1.74. The maximum Gasteiger partial charge on any atom is 0.307 e. The highest BCUT2D eigenvalue weighted by Crippen LogP contribution is 2.20. The lowest BCUT2D eigenvalue weighted by Gasteiger charge is -2.29. The van der Waals surface area contributed by atoms with Gasteiger partial charge in [-0.1, -0.05) is 0 Å². The van der Waals surface area contributed by atoms with Crippen LogP contribution in [0.4, 0.5) is 10.2 Å². The van der Waals surface area contributed by atoms with Crippen LogP contribution in [0, 0.1) is 11.7 Å². The van der Waals surface area contributed by atoms with Gasteiger partial charge in [-0.3, -0.25) is 9.52 Å². The number of halogens is 1. The quantitative estimate of drug-likeness (QED) is 0.852. The molecule has 1 aromatic rings. The molecule has 1 fully saturated rings. The van der Waals surface area contributed by atoms with E-state index in [1.165, 1.54) is 6.07 Å². The van der Waals surface area contributed by atoms with Crippen LogP contribution >= 0.6 is 0 Å². The lowest BCUT2D eigenvalue weighted by Crippen LogP contribution is -2.44. The Morgan fingerprint density at radius 1 is 1.50 bits per heavy atom. The molecule has 9 heteroatoms. The number of nitrogens with one attached hydrogen (secondary N) is 1. The predicted octanol–water partition coefficient (Wildman–Crippen LogP) is 0.674. The molecule has 1 aromatic heterocycles. The van der Waals surface area contributed by atoms with Crippen molar-refractivity contribution in [3.05, 3.63) is 24.1 Å². The minimum absolute atomic E-state index is 0.0103. The Morgan fingerprint density at radius 3 is 2.85 bits per heavy atom. The fourth-order valence-corrected chi connectivity index (χ4v) is 3.25. The van der Waals surface area contributed by atoms with E-state index in [0.717, 1.165) is 16.6 Å². The van der Waals surface area contributed by atoms with Gasteiger partial charge < -0.3 is 5.11 Å². The van der Waals surface area contributed by atoms with Gasteiger partial charge in [-0.25, -0.2) is 9.37 Å². The summed E-state index contributed by atoms with van der Waals surface area (Å²) < 4.78 is 40.2. The van der Waals surface area contributed by atoms with Crippen molar-refractivity contribution in [3.8, 4) is 0 Å². The highest BCUT2D eigenvalue weighted by Gasteiger charge is 2.32. The van der Waals surface area contributed by atoms with Crippen molar-refractivity contribution in [2.75, 3.05) is 17.8 Å². The van der Waals surface area contributed by atoms with Crippen molar-refractivity contribution in [1.29, 1.82) is 0 Å². The maximum absolute atomic E-state index is 12.7. The highest BCUT2D eigenvalue weighted by atomic mass is 32.2. The Balaban J connectivity index is 2.09. The number of anilines is 1. The van der Waals surface area contributed by atoms with Crippen LogP contribution < -0.4 is 4.72 Å². The third-order valence-corrected chi connectivity index (χ3v) is 4.51. The van der Waals surface area contributed by atoms with Crippen molar-refractivity contribution in [2.45, 2.75) is 12.8 Å². The summed E-state index contributed by atoms with van der Waals surface area (Å²) in [5, 5.41) is 8.95. The first-order chi connectivity index (χ1) is 9.38. The molecular weight excluding hydrogens is 289 g/mol. The zero-order valence-corrected chi connectivity index (χ0v) is 11.3. The Labute approximate surface area is 115 Å². The van der Waals surface area contributed by atoms with Gasteiger partial charge >= 0.3 is 16.2 Å². The molecule has 0 bridgehead atoms. The molecule has 0 amide bonds. The summed E-state index contributed by atoms with van der Waals surface area (Å²) in [5.74, 6) is -2.30. The van der Waals surface area contributed by atoms with Gasteiger partial charge in [-0.2, -0.15) is 12.7 Å². The SMILES string of the molecule is O=C(O)C1CCCN(S(=O)(=O)Nc2ccc(F)cn2)C1. The molecule has 1 saturated heterocycles. The molecular formula is C11H14FN3O4S. The van der Waals surface area contributed by atoms with Gasteiger partial charge in [0, 0.05) is 13.1 Å². The molecule has 0 radical (unpaired) electrons. The molecule has 20 heavy (non-hydrogen) atoms. The minimum Gasteiger partial charge on any atom is -0.481 e. The summed E-state index contributed by atoms with van der Waals surface area (Å²) in [5.41, 5.74) is 0. The number of rotatable bonds is 4. The number of carboxylic acids is 1. The molecule has 0 aliphatic carbocycles. The summed E-state index contributed by atoms with van der Waals surface area (Å²) in [6.45, 7) is 0.173. The number of piperidine rings is 1. The Morgan fingerprint density at radius 2 is 2.25 bits per heavy atom. The molecule has 2 rings (SSSR count). The first-order valence-corrected chi connectivity index (χ1v) is 7.45. The lowest BCUT2D eigenvalue weighted by atomic mass is 10.0. The normalized spacial score (nSPS) is 20.6. The average molecular weight is 303 g/mol. The Kier molecular flexibility index (Phi) is 4.19. The first-order valence-electron chi connectivity index (χ1n) is 6.01. The van der Waals surface area contributed by atoms with Crippen LogP contribution in [0.1, 0.15) is 12.8 Å². The highest BCUT2D eigenvalue weighted by molar-refractivity contribution is 7.90. The summed E-state index contributed by atoms with van der Waals surface area (Å²) in [6, 6.07) is 2.28. The molecule has 2 N–H and O–H groups in total. The molecule has 1 unspecified atom stereocenters. The minimum atomic E-state index is -3.88. The van der Waals surface area contributed by atoms with Crippen LogP contribution in [0.25, 0.3) is 0 Å². The second-order valence-electron chi connectivity index (χ2n) is 4.50. The zero-order chi connectivity index (χ0) is 14.8. The van der Waals surface area contributed by atoms with Crippen LogP contribution in [0.15, 0.2) is 18.3 Å². The van der Waals surface area contributed by atoms with E-state index in [9.17, 15) is 17.6 Å². The van der Waals surface area contributed by atoms with Gasteiger partial charge in [0.25, 0.3) is 0 Å². The number of hydrogen-bond acceptors (Lipinski definition) is 4. The van der Waals surface area contributed by atoms with Gasteiger partial charge in [-0.15, -0.1) is 0 Å². The largest absolute Gasteiger partial charge is 0.481 e. The molecule has 1 atom stereocenters. The van der Waals surface area contributed by atoms with Crippen LogP contribution in [0.3, 0.4) is 0 Å². The summed E-state index contributed by atoms with van der Waals surface area (Å²) in [4.78, 5) is 14.5. The van der Waals surface area contributed by atoms with Crippen molar-refractivity contribution in [3.63, 3.8) is 0 Å². The molecule has 0 spiro atoms. The third kappa shape index (κ3) is 3.42. The molecule has 0 saturated carbocycles. The van der Waals surface area contributed by atoms with Gasteiger partial charge in [0.05, 0.1) is 12.1 Å². The number of nitrogens with zero attached hydrogens (tertiary/aromatic N) is 2. The average Bonchev–Trinajstić information content (AvgIpc) is 2.41. The fraction of sp³-hybridized carbons (Fsp3) is 0.455. The topological polar surface area (TPSA) is 99.6 Å². The van der Waals surface area contributed by atoms with Crippen LogP contribution in [0.5, 0.6) is 0 Å². The molecule has 110 valence electrons. The first kappa shape index (κ1) is 14.7. The number of hydrogen-bond donors (Lipinski definition) is 2. The smallest absolute Gasteiger partial charge is 0.307 e. The van der Waals surface area contributed by atoms with E-state index in [1.54, 1.807) is 0 Å². The standard InChI is InChI=1S/C11H14FN3O4S/c12-9-3-4-10(13-6-9)14-20(18,19)15-5-1-2-8(7-15)11(16)17/h3-4,6,8H,1-2,5,7H2,(H,13,14)(H,16,17). The summed E-state index contributed by atoms with van der Waals surface area (Å²) in [7, 11) is -3.88. The van der Waals surface area contributed by atoms with E-state index in [-0.39, 0.29) is 18.9 Å². The van der Waals surface area contributed by atoms with E-state index in [1.807, 2.05) is 0 Å². The molecule has 1 aliphatic heterocycles. The molecule has 2 heterocycles. The van der Waals surface area contributed by atoms with Gasteiger partial charge in [0.2, 0.25) is 0 Å². The second kappa shape index (κ2) is 5.71. The van der Waals surface area contributed by atoms with E-state index in [0.29, 0.717) is 12.8 Å². The van der Waals surface area contributed by atoms with Crippen molar-refractivity contribution in [2.24, 2.45) is 5.92 Å². The van der Waals surface area contributed by atoms with Gasteiger partial charge in [0.1, 0.15) is 11.6 Å². The molecule has 0 aromatic carbocycles. The van der Waals surface area contributed by atoms with Crippen molar-refractivity contribution < 1.29 is 22.7 Å². The number of pyridine rings is 1. The lowest BCUT2D eigenvalue weighted by molar-refractivity contribution is -0.142.